The van der Waals surface area contributed by atoms with Gasteiger partial charge in [0, 0.05) is 4.90 Å². The average Bonchev–Trinajstić information content (AvgIpc) is 3.17. The molecule has 1 aliphatic heterocycles. The fraction of sp³-hybridized carbons (Fsp3) is 0.471. The van der Waals surface area contributed by atoms with E-state index in [-0.39, 0.29) is 13.3 Å². The molecule has 2 aromatic rings. The first-order valence-electron chi connectivity index (χ1n) is 8.52. The number of aliphatic hydroxyl groups is 3. The number of aliphatic hydroxyl groups excluding tert-OH is 3. The first-order chi connectivity index (χ1) is 13.6. The second-order valence-corrected chi connectivity index (χ2v) is 7.23. The second kappa shape index (κ2) is 9.96. The van der Waals surface area contributed by atoms with Crippen LogP contribution in [0.2, 0.25) is 0 Å². The van der Waals surface area contributed by atoms with Crippen molar-refractivity contribution in [2.45, 2.75) is 48.1 Å². The number of aromatic nitrogens is 3. The van der Waals surface area contributed by atoms with Crippen LogP contribution in [0.3, 0.4) is 0 Å². The summed E-state index contributed by atoms with van der Waals surface area (Å²) < 4.78 is 17.2. The van der Waals surface area contributed by atoms with Crippen LogP contribution >= 0.6 is 11.8 Å². The summed E-state index contributed by atoms with van der Waals surface area (Å²) in [5, 5.41) is 38.2. The number of benzene rings is 1. The third kappa shape index (κ3) is 5.07. The summed E-state index contributed by atoms with van der Waals surface area (Å²) in [6.45, 7) is -0.243. The first kappa shape index (κ1) is 20.7. The largest absolute Gasteiger partial charge is 0.445 e. The molecule has 0 aliphatic carbocycles. The first-order valence-corrected chi connectivity index (χ1v) is 9.40. The van der Waals surface area contributed by atoms with Crippen LogP contribution in [0.1, 0.15) is 5.69 Å². The van der Waals surface area contributed by atoms with Gasteiger partial charge in [0.15, 0.2) is 6.73 Å². The summed E-state index contributed by atoms with van der Waals surface area (Å²) in [6, 6.07) is 9.34. The molecule has 28 heavy (non-hydrogen) atoms. The molecule has 2 heterocycles. The molecular formula is C17H21N3O7S. The quantitative estimate of drug-likeness (QED) is 0.464. The van der Waals surface area contributed by atoms with E-state index in [1.165, 1.54) is 22.6 Å². The van der Waals surface area contributed by atoms with Crippen LogP contribution in [-0.4, -0.2) is 73.2 Å². The van der Waals surface area contributed by atoms with E-state index in [1.54, 1.807) is 0 Å². The molecule has 3 rings (SSSR count). The van der Waals surface area contributed by atoms with Crippen molar-refractivity contribution in [2.75, 3.05) is 6.61 Å². The number of rotatable bonds is 9. The smallest absolute Gasteiger partial charge is 0.294 e. The van der Waals surface area contributed by atoms with Gasteiger partial charge in [0.1, 0.15) is 35.5 Å². The Morgan fingerprint density at radius 2 is 2.04 bits per heavy atom. The van der Waals surface area contributed by atoms with Gasteiger partial charge >= 0.3 is 0 Å². The Morgan fingerprint density at radius 3 is 2.75 bits per heavy atom. The van der Waals surface area contributed by atoms with E-state index >= 15 is 0 Å². The van der Waals surface area contributed by atoms with Gasteiger partial charge in [0.2, 0.25) is 0 Å². The van der Waals surface area contributed by atoms with Gasteiger partial charge in [-0.1, -0.05) is 35.2 Å². The van der Waals surface area contributed by atoms with E-state index < -0.39 is 36.5 Å². The zero-order chi connectivity index (χ0) is 19.9. The summed E-state index contributed by atoms with van der Waals surface area (Å²) in [7, 11) is 0. The van der Waals surface area contributed by atoms with Gasteiger partial charge in [0.25, 0.3) is 6.47 Å². The number of carbonyl (C=O) groups is 1. The summed E-state index contributed by atoms with van der Waals surface area (Å²) in [5.74, 6) is 0. The highest BCUT2D eigenvalue weighted by Crippen LogP contribution is 2.34. The Morgan fingerprint density at radius 1 is 1.25 bits per heavy atom. The lowest BCUT2D eigenvalue weighted by molar-refractivity contribution is -0.223. The third-order valence-electron chi connectivity index (χ3n) is 4.10. The fourth-order valence-electron chi connectivity index (χ4n) is 2.74. The Hall–Kier alpha value is -2.02. The maximum atomic E-state index is 10.7. The summed E-state index contributed by atoms with van der Waals surface area (Å²) in [4.78, 5) is 11.1. The highest BCUT2D eigenvalue weighted by Gasteiger charge is 2.45. The molecule has 1 aromatic heterocycles. The third-order valence-corrected chi connectivity index (χ3v) is 5.27. The molecule has 1 aliphatic rings. The van der Waals surface area contributed by atoms with Crippen LogP contribution in [0.15, 0.2) is 41.4 Å². The normalized spacial score (nSPS) is 27.5. The number of ether oxygens (including phenoxy) is 3. The zero-order valence-electron chi connectivity index (χ0n) is 14.8. The van der Waals surface area contributed by atoms with Gasteiger partial charge in [0.05, 0.1) is 19.4 Å². The van der Waals surface area contributed by atoms with Crippen LogP contribution in [0.5, 0.6) is 0 Å². The Balaban J connectivity index is 1.65. The molecule has 1 fully saturated rings. The Bertz CT molecular complexity index is 747. The molecule has 0 radical (unpaired) electrons. The highest BCUT2D eigenvalue weighted by molar-refractivity contribution is 7.99. The summed E-state index contributed by atoms with van der Waals surface area (Å²) >= 11 is 1.28. The minimum atomic E-state index is -1.22. The van der Waals surface area contributed by atoms with Gasteiger partial charge in [-0.3, -0.25) is 4.79 Å². The Kier molecular flexibility index (Phi) is 7.36. The molecule has 0 spiro atoms. The molecule has 11 heteroatoms. The average molecular weight is 411 g/mol. The van der Waals surface area contributed by atoms with E-state index in [2.05, 4.69) is 15.0 Å². The van der Waals surface area contributed by atoms with Gasteiger partial charge in [-0.05, 0) is 12.1 Å². The monoisotopic (exact) mass is 411 g/mol. The van der Waals surface area contributed by atoms with Crippen molar-refractivity contribution < 1.29 is 34.3 Å². The van der Waals surface area contributed by atoms with E-state index in [0.29, 0.717) is 12.2 Å². The molecule has 5 atom stereocenters. The van der Waals surface area contributed by atoms with Crippen molar-refractivity contribution >= 4 is 18.2 Å². The predicted octanol–water partition coefficient (Wildman–Crippen LogP) is -0.475. The number of nitrogens with zero attached hydrogens (tertiary/aromatic N) is 3. The topological polar surface area (TPSA) is 136 Å². The van der Waals surface area contributed by atoms with Crippen molar-refractivity contribution in [3.8, 4) is 0 Å². The number of hydrogen-bond acceptors (Lipinski definition) is 10. The van der Waals surface area contributed by atoms with Crippen molar-refractivity contribution in [2.24, 2.45) is 0 Å². The SMILES string of the molecule is O=COCn1cc(CO[C@@H]2C(O)[C@H](Sc3ccccc3)OC(CO)[C@@H]2O)nn1. The number of thioether (sulfide) groups is 1. The number of hydrogen-bond donors (Lipinski definition) is 3. The standard InChI is InChI=1S/C17H21N3O7S/c21-7-13-14(23)16(26-8-11-6-20(19-18-11)9-25-10-22)15(24)17(27-13)28-12-4-2-1-3-5-12/h1-6,10,13-17,21,23-24H,7-9H2/t13?,14-,15?,16-,17-/m0/s1. The lowest BCUT2D eigenvalue weighted by Gasteiger charge is -2.41. The lowest BCUT2D eigenvalue weighted by Crippen LogP contribution is -2.58. The van der Waals surface area contributed by atoms with E-state index in [1.807, 2.05) is 30.3 Å². The summed E-state index contributed by atoms with van der Waals surface area (Å²) in [5.41, 5.74) is -0.308. The predicted molar refractivity (Wildman–Crippen MR) is 95.8 cm³/mol. The minimum Gasteiger partial charge on any atom is -0.445 e. The summed E-state index contributed by atoms with van der Waals surface area (Å²) in [6.07, 6.45) is -2.74. The van der Waals surface area contributed by atoms with Gasteiger partial charge in [-0.2, -0.15) is 0 Å². The second-order valence-electron chi connectivity index (χ2n) is 6.05. The molecule has 0 bridgehead atoms. The molecule has 0 amide bonds. The van der Waals surface area contributed by atoms with Crippen LogP contribution in [0, 0.1) is 0 Å². The molecule has 1 saturated heterocycles. The minimum absolute atomic E-state index is 0.0409. The van der Waals surface area contributed by atoms with Crippen LogP contribution in [-0.2, 0) is 32.3 Å². The Labute approximate surface area is 165 Å². The molecule has 1 aromatic carbocycles. The van der Waals surface area contributed by atoms with Crippen molar-refractivity contribution in [1.29, 1.82) is 0 Å². The highest BCUT2D eigenvalue weighted by atomic mass is 32.2. The van der Waals surface area contributed by atoms with Crippen LogP contribution in [0.25, 0.3) is 0 Å². The lowest BCUT2D eigenvalue weighted by atomic mass is 10.00. The van der Waals surface area contributed by atoms with Crippen LogP contribution in [0.4, 0.5) is 0 Å². The van der Waals surface area contributed by atoms with Gasteiger partial charge < -0.3 is 29.5 Å². The van der Waals surface area contributed by atoms with Crippen molar-refractivity contribution in [3.63, 3.8) is 0 Å². The fourth-order valence-corrected chi connectivity index (χ4v) is 3.81. The molecule has 3 N–H and O–H groups in total. The van der Waals surface area contributed by atoms with Crippen molar-refractivity contribution in [1.82, 2.24) is 15.0 Å². The molecule has 10 nitrogen and oxygen atoms in total. The van der Waals surface area contributed by atoms with Gasteiger partial charge in [-0.15, -0.1) is 5.10 Å². The molecule has 152 valence electrons. The van der Waals surface area contributed by atoms with Gasteiger partial charge in [-0.25, -0.2) is 4.68 Å². The molecular weight excluding hydrogens is 390 g/mol. The maximum Gasteiger partial charge on any atom is 0.294 e. The maximum absolute atomic E-state index is 10.7. The van der Waals surface area contributed by atoms with Crippen molar-refractivity contribution in [3.05, 3.63) is 42.2 Å². The van der Waals surface area contributed by atoms with E-state index in [0.717, 1.165) is 4.90 Å². The zero-order valence-corrected chi connectivity index (χ0v) is 15.6. The molecule has 2 unspecified atom stereocenters. The van der Waals surface area contributed by atoms with Crippen LogP contribution < -0.4 is 0 Å². The van der Waals surface area contributed by atoms with E-state index in [4.69, 9.17) is 9.47 Å². The van der Waals surface area contributed by atoms with E-state index in [9.17, 15) is 20.1 Å². The number of carbonyl (C=O) groups excluding carboxylic acids is 1. The molecule has 0 saturated carbocycles.